The second-order valence-electron chi connectivity index (χ2n) is 6.75. The molecular weight excluding hydrogens is 278 g/mol. The van der Waals surface area contributed by atoms with Crippen LogP contribution in [0.25, 0.3) is 0 Å². The van der Waals surface area contributed by atoms with Gasteiger partial charge < -0.3 is 10.2 Å². The zero-order valence-electron chi connectivity index (χ0n) is 13.7. The Morgan fingerprint density at radius 2 is 2.23 bits per heavy atom. The number of rotatable bonds is 6. The van der Waals surface area contributed by atoms with Gasteiger partial charge in [-0.05, 0) is 25.8 Å². The molecule has 1 amide bonds. The highest BCUT2D eigenvalue weighted by Gasteiger charge is 2.22. The lowest BCUT2D eigenvalue weighted by Gasteiger charge is -2.24. The van der Waals surface area contributed by atoms with Crippen LogP contribution in [-0.2, 0) is 17.8 Å². The molecule has 3 rings (SSSR count). The van der Waals surface area contributed by atoms with Gasteiger partial charge in [0.15, 0.2) is 5.82 Å². The van der Waals surface area contributed by atoms with Gasteiger partial charge in [0, 0.05) is 37.9 Å². The average molecular weight is 305 g/mol. The first-order valence-electron chi connectivity index (χ1n) is 8.58. The third-order valence-corrected chi connectivity index (χ3v) is 4.60. The summed E-state index contributed by atoms with van der Waals surface area (Å²) in [5.41, 5.74) is 0. The van der Waals surface area contributed by atoms with Gasteiger partial charge in [-0.15, -0.1) is 0 Å². The maximum atomic E-state index is 11.6. The Hall–Kier alpha value is -1.43. The number of carbonyl (C=O) groups is 1. The monoisotopic (exact) mass is 305 g/mol. The number of hydrogen-bond acceptors (Lipinski definition) is 4. The van der Waals surface area contributed by atoms with Gasteiger partial charge in [-0.3, -0.25) is 4.79 Å². The maximum Gasteiger partial charge on any atom is 0.222 e. The topological polar surface area (TPSA) is 63.1 Å². The van der Waals surface area contributed by atoms with Crippen molar-refractivity contribution in [2.45, 2.75) is 64.5 Å². The van der Waals surface area contributed by atoms with Gasteiger partial charge in [0.25, 0.3) is 0 Å². The average Bonchev–Trinajstić information content (AvgIpc) is 3.09. The smallest absolute Gasteiger partial charge is 0.222 e. The van der Waals surface area contributed by atoms with Crippen molar-refractivity contribution in [3.8, 4) is 0 Å². The van der Waals surface area contributed by atoms with Crippen LogP contribution in [0, 0.1) is 0 Å². The lowest BCUT2D eigenvalue weighted by atomic mass is 10.1. The Labute approximate surface area is 132 Å². The van der Waals surface area contributed by atoms with Gasteiger partial charge in [0.2, 0.25) is 5.91 Å². The van der Waals surface area contributed by atoms with Gasteiger partial charge in [-0.25, -0.2) is 9.67 Å². The normalized spacial score (nSPS) is 21.7. The third kappa shape index (κ3) is 3.48. The molecule has 0 bridgehead atoms. The van der Waals surface area contributed by atoms with E-state index in [-0.39, 0.29) is 0 Å². The van der Waals surface area contributed by atoms with E-state index in [4.69, 9.17) is 0 Å². The van der Waals surface area contributed by atoms with Gasteiger partial charge in [0.1, 0.15) is 5.82 Å². The molecule has 2 aliphatic rings. The van der Waals surface area contributed by atoms with Gasteiger partial charge >= 0.3 is 0 Å². The summed E-state index contributed by atoms with van der Waals surface area (Å²) < 4.78 is 2.07. The van der Waals surface area contributed by atoms with Crippen LogP contribution in [-0.4, -0.2) is 51.2 Å². The van der Waals surface area contributed by atoms with E-state index in [1.165, 1.54) is 0 Å². The van der Waals surface area contributed by atoms with Crippen LogP contribution in [0.15, 0.2) is 0 Å². The third-order valence-electron chi connectivity index (χ3n) is 4.60. The van der Waals surface area contributed by atoms with Crippen molar-refractivity contribution < 1.29 is 4.79 Å². The number of carbonyl (C=O) groups excluding carboxylic acids is 1. The van der Waals surface area contributed by atoms with E-state index in [1.807, 2.05) is 4.90 Å². The van der Waals surface area contributed by atoms with Gasteiger partial charge in [0.05, 0.1) is 6.54 Å². The second-order valence-corrected chi connectivity index (χ2v) is 6.75. The Balaban J connectivity index is 1.41. The Morgan fingerprint density at radius 1 is 1.36 bits per heavy atom. The lowest BCUT2D eigenvalue weighted by molar-refractivity contribution is -0.127. The molecule has 1 fully saturated rings. The van der Waals surface area contributed by atoms with Crippen molar-refractivity contribution in [3.63, 3.8) is 0 Å². The first kappa shape index (κ1) is 15.5. The van der Waals surface area contributed by atoms with Crippen LogP contribution in [0.2, 0.25) is 0 Å². The molecule has 1 aromatic heterocycles. The minimum atomic E-state index is 0.325. The number of nitrogens with zero attached hydrogens (tertiary/aromatic N) is 4. The summed E-state index contributed by atoms with van der Waals surface area (Å²) in [4.78, 5) is 18.2. The quantitative estimate of drug-likeness (QED) is 0.805. The fourth-order valence-electron chi connectivity index (χ4n) is 3.26. The first-order valence-corrected chi connectivity index (χ1v) is 8.58. The number of aromatic nitrogens is 3. The largest absolute Gasteiger partial charge is 0.343 e. The number of aryl methyl sites for hydroxylation is 1. The van der Waals surface area contributed by atoms with Crippen LogP contribution in [0.1, 0.15) is 57.1 Å². The molecule has 0 aliphatic carbocycles. The van der Waals surface area contributed by atoms with Crippen LogP contribution in [0.5, 0.6) is 0 Å². The number of amides is 1. The molecule has 1 aromatic rings. The minimum absolute atomic E-state index is 0.325. The van der Waals surface area contributed by atoms with E-state index < -0.39 is 0 Å². The van der Waals surface area contributed by atoms with Crippen LogP contribution >= 0.6 is 0 Å². The summed E-state index contributed by atoms with van der Waals surface area (Å²) in [5.74, 6) is 2.81. The second kappa shape index (κ2) is 6.77. The van der Waals surface area contributed by atoms with E-state index in [0.29, 0.717) is 17.9 Å². The maximum absolute atomic E-state index is 11.6. The number of nitrogens with one attached hydrogen (secondary N) is 1. The molecule has 6 heteroatoms. The van der Waals surface area contributed by atoms with Crippen LogP contribution in [0.4, 0.5) is 0 Å². The van der Waals surface area contributed by atoms with Crippen molar-refractivity contribution in [2.24, 2.45) is 0 Å². The molecule has 0 saturated carbocycles. The van der Waals surface area contributed by atoms with Crippen molar-refractivity contribution >= 4 is 5.91 Å². The molecule has 2 aliphatic heterocycles. The van der Waals surface area contributed by atoms with Crippen molar-refractivity contribution in [2.75, 3.05) is 19.6 Å². The molecule has 1 N–H and O–H groups in total. The molecule has 0 unspecified atom stereocenters. The Morgan fingerprint density at radius 3 is 2.95 bits per heavy atom. The van der Waals surface area contributed by atoms with Crippen molar-refractivity contribution in [1.82, 2.24) is 25.0 Å². The predicted molar refractivity (Wildman–Crippen MR) is 84.7 cm³/mol. The Kier molecular flexibility index (Phi) is 4.76. The van der Waals surface area contributed by atoms with Crippen LogP contribution in [0.3, 0.4) is 0 Å². The van der Waals surface area contributed by atoms with E-state index in [1.54, 1.807) is 0 Å². The SMILES string of the molecule is CC(C)c1nc2n(n1)C[C@H](NCCCN1CCCC1=O)CC2. The summed E-state index contributed by atoms with van der Waals surface area (Å²) in [6, 6.07) is 0.475. The number of fused-ring (bicyclic) bond motifs is 1. The minimum Gasteiger partial charge on any atom is -0.343 e. The summed E-state index contributed by atoms with van der Waals surface area (Å²) in [6.45, 7) is 7.99. The molecular formula is C16H27N5O. The number of likely N-dealkylation sites (tertiary alicyclic amines) is 1. The summed E-state index contributed by atoms with van der Waals surface area (Å²) in [6.07, 6.45) is 4.93. The molecule has 1 atom stereocenters. The Bertz CT molecular complexity index is 525. The standard InChI is InChI=1S/C16H27N5O/c1-12(2)16-18-14-7-6-13(11-21(14)19-16)17-8-4-10-20-9-3-5-15(20)22/h12-13,17H,3-11H2,1-2H3/t13-/m1/s1. The molecule has 0 spiro atoms. The predicted octanol–water partition coefficient (Wildman–Crippen LogP) is 1.32. The van der Waals surface area contributed by atoms with E-state index in [2.05, 4.69) is 33.9 Å². The number of hydrogen-bond donors (Lipinski definition) is 1. The highest BCUT2D eigenvalue weighted by atomic mass is 16.2. The molecule has 1 saturated heterocycles. The van der Waals surface area contributed by atoms with E-state index in [9.17, 15) is 4.79 Å². The summed E-state index contributed by atoms with van der Waals surface area (Å²) in [5, 5.41) is 8.23. The molecule has 0 radical (unpaired) electrons. The van der Waals surface area contributed by atoms with E-state index in [0.717, 1.165) is 69.9 Å². The van der Waals surface area contributed by atoms with Crippen molar-refractivity contribution in [1.29, 1.82) is 0 Å². The fraction of sp³-hybridized carbons (Fsp3) is 0.812. The fourth-order valence-corrected chi connectivity index (χ4v) is 3.26. The first-order chi connectivity index (χ1) is 10.6. The van der Waals surface area contributed by atoms with E-state index >= 15 is 0 Å². The molecule has 0 aromatic carbocycles. The highest BCUT2D eigenvalue weighted by molar-refractivity contribution is 5.77. The summed E-state index contributed by atoms with van der Waals surface area (Å²) in [7, 11) is 0. The molecule has 22 heavy (non-hydrogen) atoms. The highest BCUT2D eigenvalue weighted by Crippen LogP contribution is 2.17. The van der Waals surface area contributed by atoms with Gasteiger partial charge in [-0.1, -0.05) is 13.8 Å². The molecule has 6 nitrogen and oxygen atoms in total. The summed E-state index contributed by atoms with van der Waals surface area (Å²) >= 11 is 0. The zero-order chi connectivity index (χ0) is 15.5. The molecule has 3 heterocycles. The lowest BCUT2D eigenvalue weighted by Crippen LogP contribution is -2.39. The zero-order valence-corrected chi connectivity index (χ0v) is 13.7. The van der Waals surface area contributed by atoms with Gasteiger partial charge in [-0.2, -0.15) is 5.10 Å². The van der Waals surface area contributed by atoms with Crippen molar-refractivity contribution in [3.05, 3.63) is 11.6 Å². The van der Waals surface area contributed by atoms with Crippen LogP contribution < -0.4 is 5.32 Å². The molecule has 122 valence electrons.